The first-order valence-electron chi connectivity index (χ1n) is 4.47. The Morgan fingerprint density at radius 1 is 1.77 bits per heavy atom. The Kier molecular flexibility index (Phi) is 5.15. The molecule has 0 spiro atoms. The van der Waals surface area contributed by atoms with Gasteiger partial charge in [0.2, 0.25) is 0 Å². The number of hydrogen-bond acceptors (Lipinski definition) is 3. The fourth-order valence-corrected chi connectivity index (χ4v) is 2.46. The van der Waals surface area contributed by atoms with Crippen LogP contribution >= 0.6 is 24.0 Å². The van der Waals surface area contributed by atoms with Gasteiger partial charge in [-0.2, -0.15) is 16.9 Å². The summed E-state index contributed by atoms with van der Waals surface area (Å²) in [5.41, 5.74) is 2.79. The lowest BCUT2D eigenvalue weighted by Crippen LogP contribution is -2.31. The minimum Gasteiger partial charge on any atom is -0.362 e. The highest BCUT2D eigenvalue weighted by Gasteiger charge is 2.12. The third-order valence-corrected chi connectivity index (χ3v) is 3.18. The first kappa shape index (κ1) is 10.8. The Morgan fingerprint density at radius 2 is 2.62 bits per heavy atom. The van der Waals surface area contributed by atoms with Crippen molar-refractivity contribution in [1.82, 2.24) is 10.7 Å². The lowest BCUT2D eigenvalue weighted by Gasteiger charge is -2.03. The van der Waals surface area contributed by atoms with Gasteiger partial charge in [-0.05, 0) is 31.3 Å². The van der Waals surface area contributed by atoms with Gasteiger partial charge >= 0.3 is 0 Å². The molecule has 0 saturated carbocycles. The van der Waals surface area contributed by atoms with Gasteiger partial charge in [0.25, 0.3) is 0 Å². The summed E-state index contributed by atoms with van der Waals surface area (Å²) in [6.07, 6.45) is 3.20. The lowest BCUT2D eigenvalue weighted by molar-refractivity contribution is 0.795. The molecule has 3 nitrogen and oxygen atoms in total. The van der Waals surface area contributed by atoms with Crippen LogP contribution < -0.4 is 10.7 Å². The highest BCUT2D eigenvalue weighted by molar-refractivity contribution is 7.99. The van der Waals surface area contributed by atoms with Crippen molar-refractivity contribution < 1.29 is 0 Å². The summed E-state index contributed by atoms with van der Waals surface area (Å²) < 4.78 is 0. The highest BCUT2D eigenvalue weighted by atomic mass is 32.2. The second kappa shape index (κ2) is 6.21. The number of nitrogens with zero attached hydrogens (tertiary/aromatic N) is 1. The predicted octanol–water partition coefficient (Wildman–Crippen LogP) is 1.21. The Hall–Kier alpha value is -0.290. The third-order valence-electron chi connectivity index (χ3n) is 1.75. The Morgan fingerprint density at radius 3 is 3.23 bits per heavy atom. The molecule has 1 rings (SSSR count). The SMILES string of the molecule is CCNC(=S)N/N=C/C1CCSC1. The highest BCUT2D eigenvalue weighted by Crippen LogP contribution is 2.21. The molecule has 1 fully saturated rings. The molecule has 0 aromatic heterocycles. The number of hydrogen-bond donors (Lipinski definition) is 2. The van der Waals surface area contributed by atoms with Gasteiger partial charge in [-0.15, -0.1) is 0 Å². The molecule has 0 aliphatic carbocycles. The Balaban J connectivity index is 2.12. The molecule has 74 valence electrons. The Labute approximate surface area is 88.7 Å². The van der Waals surface area contributed by atoms with Crippen molar-refractivity contribution in [3.63, 3.8) is 0 Å². The maximum absolute atomic E-state index is 4.95. The van der Waals surface area contributed by atoms with Crippen molar-refractivity contribution in [2.24, 2.45) is 11.0 Å². The van der Waals surface area contributed by atoms with E-state index < -0.39 is 0 Å². The van der Waals surface area contributed by atoms with Crippen LogP contribution in [0.3, 0.4) is 0 Å². The second-order valence-corrected chi connectivity index (χ2v) is 4.43. The number of hydrazone groups is 1. The number of rotatable bonds is 3. The van der Waals surface area contributed by atoms with Gasteiger partial charge in [-0.3, -0.25) is 5.43 Å². The van der Waals surface area contributed by atoms with Crippen LogP contribution in [0.5, 0.6) is 0 Å². The van der Waals surface area contributed by atoms with E-state index in [0.717, 1.165) is 6.54 Å². The molecule has 1 aliphatic rings. The minimum atomic E-state index is 0.601. The maximum atomic E-state index is 4.95. The fraction of sp³-hybridized carbons (Fsp3) is 0.750. The molecule has 1 atom stereocenters. The molecule has 0 aromatic carbocycles. The summed E-state index contributed by atoms with van der Waals surface area (Å²) in [5.74, 6) is 3.08. The molecule has 1 heterocycles. The van der Waals surface area contributed by atoms with Crippen LogP contribution in [0, 0.1) is 5.92 Å². The van der Waals surface area contributed by atoms with Gasteiger partial charge in [-0.1, -0.05) is 0 Å². The summed E-state index contributed by atoms with van der Waals surface area (Å²) >= 11 is 6.94. The normalized spacial score (nSPS) is 22.1. The molecule has 1 saturated heterocycles. The van der Waals surface area contributed by atoms with E-state index in [9.17, 15) is 0 Å². The van der Waals surface area contributed by atoms with E-state index in [4.69, 9.17) is 12.2 Å². The van der Waals surface area contributed by atoms with Gasteiger partial charge in [0.05, 0.1) is 0 Å². The molecular formula is C8H15N3S2. The quantitative estimate of drug-likeness (QED) is 0.423. The molecule has 5 heteroatoms. The number of thiocarbonyl (C=S) groups is 1. The lowest BCUT2D eigenvalue weighted by atomic mass is 10.1. The van der Waals surface area contributed by atoms with Crippen LogP contribution in [0.15, 0.2) is 5.10 Å². The van der Waals surface area contributed by atoms with E-state index in [0.29, 0.717) is 11.0 Å². The van der Waals surface area contributed by atoms with Crippen LogP contribution in [0.1, 0.15) is 13.3 Å². The average Bonchev–Trinajstić information content (AvgIpc) is 2.57. The molecule has 1 aliphatic heterocycles. The Bertz CT molecular complexity index is 188. The van der Waals surface area contributed by atoms with E-state index in [2.05, 4.69) is 15.8 Å². The first-order chi connectivity index (χ1) is 6.33. The molecule has 0 aromatic rings. The van der Waals surface area contributed by atoms with Gasteiger partial charge in [0.15, 0.2) is 5.11 Å². The minimum absolute atomic E-state index is 0.601. The number of thioether (sulfide) groups is 1. The standard InChI is InChI=1S/C8H15N3S2/c1-2-9-8(12)11-10-5-7-3-4-13-6-7/h5,7H,2-4,6H2,1H3,(H2,9,11,12)/b10-5+. The van der Waals surface area contributed by atoms with Crippen LogP contribution in [0.4, 0.5) is 0 Å². The van der Waals surface area contributed by atoms with Crippen molar-refractivity contribution in [3.05, 3.63) is 0 Å². The molecule has 13 heavy (non-hydrogen) atoms. The van der Waals surface area contributed by atoms with Crippen molar-refractivity contribution >= 4 is 35.3 Å². The van der Waals surface area contributed by atoms with Gasteiger partial charge in [0, 0.05) is 24.4 Å². The van der Waals surface area contributed by atoms with Crippen LogP contribution in [-0.2, 0) is 0 Å². The maximum Gasteiger partial charge on any atom is 0.186 e. The summed E-state index contributed by atoms with van der Waals surface area (Å²) in [7, 11) is 0. The van der Waals surface area contributed by atoms with E-state index >= 15 is 0 Å². The van der Waals surface area contributed by atoms with E-state index in [-0.39, 0.29) is 0 Å². The largest absolute Gasteiger partial charge is 0.362 e. The molecule has 0 bridgehead atoms. The van der Waals surface area contributed by atoms with Crippen LogP contribution in [-0.4, -0.2) is 29.4 Å². The third kappa shape index (κ3) is 4.47. The van der Waals surface area contributed by atoms with Crippen molar-refractivity contribution in [3.8, 4) is 0 Å². The molecule has 0 radical (unpaired) electrons. The first-order valence-corrected chi connectivity index (χ1v) is 6.04. The van der Waals surface area contributed by atoms with Crippen molar-refractivity contribution in [1.29, 1.82) is 0 Å². The van der Waals surface area contributed by atoms with Crippen LogP contribution in [0.25, 0.3) is 0 Å². The van der Waals surface area contributed by atoms with E-state index in [1.165, 1.54) is 17.9 Å². The van der Waals surface area contributed by atoms with Gasteiger partial charge < -0.3 is 5.32 Å². The summed E-state index contributed by atoms with van der Waals surface area (Å²) in [5, 5.41) is 7.65. The molecule has 1 unspecified atom stereocenters. The summed E-state index contributed by atoms with van der Waals surface area (Å²) in [6.45, 7) is 2.84. The zero-order chi connectivity index (χ0) is 9.52. The summed E-state index contributed by atoms with van der Waals surface area (Å²) in [4.78, 5) is 0. The van der Waals surface area contributed by atoms with Crippen LogP contribution in [0.2, 0.25) is 0 Å². The smallest absolute Gasteiger partial charge is 0.186 e. The van der Waals surface area contributed by atoms with E-state index in [1.807, 2.05) is 24.9 Å². The topological polar surface area (TPSA) is 36.4 Å². The molecular weight excluding hydrogens is 202 g/mol. The zero-order valence-electron chi connectivity index (χ0n) is 7.75. The fourth-order valence-electron chi connectivity index (χ4n) is 1.07. The van der Waals surface area contributed by atoms with Crippen molar-refractivity contribution in [2.45, 2.75) is 13.3 Å². The van der Waals surface area contributed by atoms with E-state index in [1.54, 1.807) is 0 Å². The van der Waals surface area contributed by atoms with Gasteiger partial charge in [-0.25, -0.2) is 0 Å². The predicted molar refractivity (Wildman–Crippen MR) is 63.3 cm³/mol. The average molecular weight is 217 g/mol. The van der Waals surface area contributed by atoms with Crippen molar-refractivity contribution in [2.75, 3.05) is 18.1 Å². The summed E-state index contributed by atoms with van der Waals surface area (Å²) in [6, 6.07) is 0. The van der Waals surface area contributed by atoms with Gasteiger partial charge in [0.1, 0.15) is 0 Å². The number of nitrogens with one attached hydrogen (secondary N) is 2. The monoisotopic (exact) mass is 217 g/mol. The second-order valence-electron chi connectivity index (χ2n) is 2.87. The zero-order valence-corrected chi connectivity index (χ0v) is 9.38. The molecule has 0 amide bonds. The molecule has 2 N–H and O–H groups in total.